The van der Waals surface area contributed by atoms with Crippen LogP contribution in [0, 0.1) is 6.92 Å². The molecule has 156 valence electrons. The van der Waals surface area contributed by atoms with Crippen molar-refractivity contribution in [2.24, 2.45) is 0 Å². The van der Waals surface area contributed by atoms with Crippen molar-refractivity contribution in [1.29, 1.82) is 0 Å². The van der Waals surface area contributed by atoms with Crippen molar-refractivity contribution >= 4 is 5.91 Å². The van der Waals surface area contributed by atoms with E-state index in [0.717, 1.165) is 36.3 Å². The number of likely N-dealkylation sites (tertiary alicyclic amines) is 1. The minimum atomic E-state index is -0.205. The smallest absolute Gasteiger partial charge is 0.267 e. The van der Waals surface area contributed by atoms with Crippen LogP contribution in [0.4, 0.5) is 0 Å². The third-order valence-corrected chi connectivity index (χ3v) is 5.35. The average molecular weight is 407 g/mol. The quantitative estimate of drug-likeness (QED) is 0.617. The maximum absolute atomic E-state index is 13.0. The van der Waals surface area contributed by atoms with Crippen LogP contribution in [0.3, 0.4) is 0 Å². The number of para-hydroxylation sites is 1. The first-order valence-corrected chi connectivity index (χ1v) is 10.2. The normalized spacial score (nSPS) is 16.5. The minimum absolute atomic E-state index is 0.0838. The molecule has 1 fully saturated rings. The molecule has 8 nitrogen and oxygen atoms in total. The van der Waals surface area contributed by atoms with Crippen LogP contribution in [0.15, 0.2) is 41.1 Å². The van der Waals surface area contributed by atoms with Crippen LogP contribution in [0.1, 0.15) is 48.9 Å². The second-order valence-corrected chi connectivity index (χ2v) is 7.40. The molecule has 30 heavy (non-hydrogen) atoms. The number of carbonyl (C=O) groups is 1. The molecule has 1 saturated heterocycles. The Labute approximate surface area is 175 Å². The summed E-state index contributed by atoms with van der Waals surface area (Å²) in [5, 5.41) is 8.35. The summed E-state index contributed by atoms with van der Waals surface area (Å²) < 4.78 is 11.3. The summed E-state index contributed by atoms with van der Waals surface area (Å²) >= 11 is 0. The van der Waals surface area contributed by atoms with Gasteiger partial charge in [-0.3, -0.25) is 9.78 Å². The first kappa shape index (κ1) is 20.0. The van der Waals surface area contributed by atoms with E-state index in [1.807, 2.05) is 36.1 Å². The van der Waals surface area contributed by atoms with Crippen molar-refractivity contribution in [1.82, 2.24) is 25.1 Å². The molecule has 2 aromatic heterocycles. The number of hydrogen-bond donors (Lipinski definition) is 0. The van der Waals surface area contributed by atoms with E-state index < -0.39 is 0 Å². The predicted molar refractivity (Wildman–Crippen MR) is 110 cm³/mol. The Bertz CT molecular complexity index is 1000. The number of methoxy groups -OCH3 is 1. The standard InChI is InChI=1S/C22H25N5O3/c1-15-13-24-17(14-23-15)21-25-26-22(30-21)18-8-5-6-12-27(18)20(28)11-10-16-7-3-4-9-19(16)29-2/h3-4,7,9,13-14,18H,5-6,8,10-12H2,1-2H3. The highest BCUT2D eigenvalue weighted by Crippen LogP contribution is 2.32. The molecule has 1 aliphatic heterocycles. The summed E-state index contributed by atoms with van der Waals surface area (Å²) in [6.07, 6.45) is 7.10. The summed E-state index contributed by atoms with van der Waals surface area (Å²) in [5.74, 6) is 1.67. The number of aromatic nitrogens is 4. The molecule has 0 spiro atoms. The molecular weight excluding hydrogens is 382 g/mol. The molecule has 0 saturated carbocycles. The maximum atomic E-state index is 13.0. The van der Waals surface area contributed by atoms with Crippen LogP contribution in [0.25, 0.3) is 11.6 Å². The molecule has 0 N–H and O–H groups in total. The van der Waals surface area contributed by atoms with Crippen LogP contribution >= 0.6 is 0 Å². The summed E-state index contributed by atoms with van der Waals surface area (Å²) in [6, 6.07) is 7.59. The molecule has 4 rings (SSSR count). The number of rotatable bonds is 6. The van der Waals surface area contributed by atoms with Crippen LogP contribution < -0.4 is 4.74 Å². The van der Waals surface area contributed by atoms with Crippen molar-refractivity contribution in [2.45, 2.75) is 45.1 Å². The molecule has 1 aromatic carbocycles. The van der Waals surface area contributed by atoms with Gasteiger partial charge in [0.25, 0.3) is 5.89 Å². The Morgan fingerprint density at radius 2 is 2.07 bits per heavy atom. The topological polar surface area (TPSA) is 94.2 Å². The van der Waals surface area contributed by atoms with Gasteiger partial charge in [-0.2, -0.15) is 0 Å². The third-order valence-electron chi connectivity index (χ3n) is 5.35. The summed E-state index contributed by atoms with van der Waals surface area (Å²) in [6.45, 7) is 2.56. The Balaban J connectivity index is 1.47. The summed E-state index contributed by atoms with van der Waals surface area (Å²) in [5.41, 5.74) is 2.38. The van der Waals surface area contributed by atoms with Gasteiger partial charge < -0.3 is 14.1 Å². The maximum Gasteiger partial charge on any atom is 0.267 e. The molecule has 1 unspecified atom stereocenters. The van der Waals surface area contributed by atoms with E-state index in [1.54, 1.807) is 19.5 Å². The van der Waals surface area contributed by atoms with Gasteiger partial charge in [-0.15, -0.1) is 10.2 Å². The van der Waals surface area contributed by atoms with Gasteiger partial charge in [0.1, 0.15) is 17.5 Å². The van der Waals surface area contributed by atoms with Crippen LogP contribution in [0.5, 0.6) is 5.75 Å². The van der Waals surface area contributed by atoms with E-state index in [-0.39, 0.29) is 11.9 Å². The van der Waals surface area contributed by atoms with Gasteiger partial charge in [0, 0.05) is 19.2 Å². The Morgan fingerprint density at radius 1 is 1.20 bits per heavy atom. The molecule has 1 aliphatic rings. The molecule has 0 bridgehead atoms. The molecule has 1 atom stereocenters. The van der Waals surface area contributed by atoms with Gasteiger partial charge in [-0.05, 0) is 44.2 Å². The van der Waals surface area contributed by atoms with E-state index >= 15 is 0 Å². The number of amides is 1. The van der Waals surface area contributed by atoms with E-state index in [1.165, 1.54) is 0 Å². The lowest BCUT2D eigenvalue weighted by molar-refractivity contribution is -0.135. The van der Waals surface area contributed by atoms with Crippen LogP contribution in [-0.2, 0) is 11.2 Å². The SMILES string of the molecule is COc1ccccc1CCC(=O)N1CCCCC1c1nnc(-c2cnc(C)cn2)o1. The lowest BCUT2D eigenvalue weighted by Gasteiger charge is -2.33. The monoisotopic (exact) mass is 407 g/mol. The fourth-order valence-electron chi connectivity index (χ4n) is 3.76. The van der Waals surface area contributed by atoms with Gasteiger partial charge >= 0.3 is 0 Å². The zero-order valence-electron chi connectivity index (χ0n) is 17.2. The summed E-state index contributed by atoms with van der Waals surface area (Å²) in [7, 11) is 1.65. The van der Waals surface area contributed by atoms with Crippen LogP contribution in [0.2, 0.25) is 0 Å². The Morgan fingerprint density at radius 3 is 2.87 bits per heavy atom. The lowest BCUT2D eigenvalue weighted by atomic mass is 10.0. The fraction of sp³-hybridized carbons (Fsp3) is 0.409. The van der Waals surface area contributed by atoms with Crippen molar-refractivity contribution in [3.8, 4) is 17.3 Å². The highest BCUT2D eigenvalue weighted by atomic mass is 16.5. The molecule has 0 radical (unpaired) electrons. The van der Waals surface area contributed by atoms with Crippen molar-refractivity contribution in [3.63, 3.8) is 0 Å². The number of ether oxygens (including phenoxy) is 1. The Hall–Kier alpha value is -3.29. The fourth-order valence-corrected chi connectivity index (χ4v) is 3.76. The number of hydrogen-bond acceptors (Lipinski definition) is 7. The van der Waals surface area contributed by atoms with Crippen molar-refractivity contribution in [3.05, 3.63) is 53.8 Å². The second kappa shape index (κ2) is 9.02. The average Bonchev–Trinajstić information content (AvgIpc) is 3.28. The molecular formula is C22H25N5O3. The Kier molecular flexibility index (Phi) is 6.02. The zero-order chi connectivity index (χ0) is 20.9. The highest BCUT2D eigenvalue weighted by Gasteiger charge is 2.32. The van der Waals surface area contributed by atoms with E-state index in [2.05, 4.69) is 20.2 Å². The number of carbonyl (C=O) groups excluding carboxylic acids is 1. The van der Waals surface area contributed by atoms with Gasteiger partial charge in [0.15, 0.2) is 0 Å². The van der Waals surface area contributed by atoms with Crippen molar-refractivity contribution < 1.29 is 13.9 Å². The third kappa shape index (κ3) is 4.32. The van der Waals surface area contributed by atoms with Gasteiger partial charge in [0.2, 0.25) is 11.8 Å². The van der Waals surface area contributed by atoms with Gasteiger partial charge in [-0.25, -0.2) is 4.98 Å². The lowest BCUT2D eigenvalue weighted by Crippen LogP contribution is -2.38. The van der Waals surface area contributed by atoms with Crippen LogP contribution in [-0.4, -0.2) is 44.6 Å². The van der Waals surface area contributed by atoms with Gasteiger partial charge in [0.05, 0.1) is 19.0 Å². The first-order chi connectivity index (χ1) is 14.7. The van der Waals surface area contributed by atoms with E-state index in [9.17, 15) is 4.79 Å². The van der Waals surface area contributed by atoms with Crippen molar-refractivity contribution in [2.75, 3.05) is 13.7 Å². The highest BCUT2D eigenvalue weighted by molar-refractivity contribution is 5.77. The molecule has 3 heterocycles. The first-order valence-electron chi connectivity index (χ1n) is 10.2. The molecule has 1 amide bonds. The van der Waals surface area contributed by atoms with E-state index in [4.69, 9.17) is 9.15 Å². The number of aryl methyl sites for hydroxylation is 2. The number of benzene rings is 1. The van der Waals surface area contributed by atoms with E-state index in [0.29, 0.717) is 36.9 Å². The molecule has 3 aromatic rings. The number of piperidine rings is 1. The largest absolute Gasteiger partial charge is 0.496 e. The molecule has 0 aliphatic carbocycles. The second-order valence-electron chi connectivity index (χ2n) is 7.40. The molecule has 8 heteroatoms. The minimum Gasteiger partial charge on any atom is -0.496 e. The zero-order valence-corrected chi connectivity index (χ0v) is 17.2. The van der Waals surface area contributed by atoms with Gasteiger partial charge in [-0.1, -0.05) is 18.2 Å². The summed E-state index contributed by atoms with van der Waals surface area (Å²) in [4.78, 5) is 23.4. The number of nitrogens with zero attached hydrogens (tertiary/aromatic N) is 5. The predicted octanol–water partition coefficient (Wildman–Crippen LogP) is 3.53.